The number of phenols is 3. The van der Waals surface area contributed by atoms with Gasteiger partial charge < -0.3 is 30.5 Å². The molecule has 88 heavy (non-hydrogen) atoms. The van der Waals surface area contributed by atoms with E-state index in [4.69, 9.17) is 31.0 Å². The number of ether oxygens (including phenoxy) is 2. The Labute approximate surface area is 506 Å². The van der Waals surface area contributed by atoms with Crippen LogP contribution in [0.3, 0.4) is 0 Å². The van der Waals surface area contributed by atoms with Crippen molar-refractivity contribution in [1.29, 1.82) is 0 Å². The van der Waals surface area contributed by atoms with Crippen molar-refractivity contribution in [2.24, 2.45) is 40.9 Å². The topological polar surface area (TPSA) is 538 Å². The molecule has 0 bridgehead atoms. The van der Waals surface area contributed by atoms with Crippen LogP contribution in [0.5, 0.6) is 28.7 Å². The number of hydrogen-bond donors (Lipinski definition) is 11. The van der Waals surface area contributed by atoms with Gasteiger partial charge in [-0.25, -0.2) is 15.8 Å². The number of phenolic OH excluding ortho intramolecular Hbond substituents is 3. The smallest absolute Gasteiger partial charge is 0.296 e. The normalized spacial score (nSPS) is 12.6. The lowest BCUT2D eigenvalue weighted by molar-refractivity contribution is -0.432. The molecule has 0 atom stereocenters. The fourth-order valence-electron chi connectivity index (χ4n) is 7.79. The van der Waals surface area contributed by atoms with Crippen LogP contribution in [0.2, 0.25) is 0 Å². The number of benzene rings is 8. The molecule has 8 rings (SSSR count). The maximum atomic E-state index is 12.6. The van der Waals surface area contributed by atoms with Crippen molar-refractivity contribution in [3.8, 4) is 28.7 Å². The molecular formula is C46H39N9O26S7. The molecule has 8 aromatic carbocycles. The second-order valence-electron chi connectivity index (χ2n) is 16.9. The van der Waals surface area contributed by atoms with Gasteiger partial charge in [-0.15, -0.1) is 43.7 Å². The lowest BCUT2D eigenvalue weighted by atomic mass is 10.1. The number of fused-ring (bicyclic) bond motifs is 3. The number of nitrogens with two attached hydrogens (primary N) is 1. The second kappa shape index (κ2) is 28.1. The van der Waals surface area contributed by atoms with Crippen molar-refractivity contribution < 1.29 is 121 Å². The maximum absolute atomic E-state index is 12.6. The third-order valence-electron chi connectivity index (χ3n) is 11.5. The lowest BCUT2D eigenvalue weighted by Gasteiger charge is -2.14. The van der Waals surface area contributed by atoms with Crippen molar-refractivity contribution in [2.75, 3.05) is 27.0 Å². The van der Waals surface area contributed by atoms with Gasteiger partial charge in [0.25, 0.3) is 40.5 Å². The number of methoxy groups -OCH3 is 2. The first kappa shape index (κ1) is 67.6. The predicted octanol–water partition coefficient (Wildman–Crippen LogP) is 12.1. The van der Waals surface area contributed by atoms with E-state index in [-0.39, 0.29) is 66.9 Å². The first-order valence-corrected chi connectivity index (χ1v) is 31.0. The summed E-state index contributed by atoms with van der Waals surface area (Å²) in [7, 11) is -16.0. The number of anilines is 1. The molecule has 42 heteroatoms. The van der Waals surface area contributed by atoms with Gasteiger partial charge in [0.05, 0.1) is 76.1 Å². The van der Waals surface area contributed by atoms with Crippen LogP contribution in [-0.2, 0) is 68.6 Å². The standard InChI is InChI=1S/C28H23N7O18S5.C18H16N2O8S2/c1-30-33-26-21(58(46,47)48)8-12-6-17(54-52-50-38)24(23(29)22(12)28(26)37)34-32-16-10-14-11(7-19(16)56(40,41)42)5-18(55-53-51-39)25(27(14)36)35-31-15-4-3-13(49-2)9-20(15)57(43,44)45;1-10-3-5-13-11(7-10)8-16(30(23,24)25)17(18(13)21)20-19-14-6-4-12(26-2)9-15(14)29-28-27-22/h3-10,36-39H,29H2,1-2H3,(H,40,41,42)(H,43,44,45)(H,46,47,48);3-9,21-22H,1-2H3,(H,23,24,25). The summed E-state index contributed by atoms with van der Waals surface area (Å²) in [6, 6.07) is 18.8. The molecule has 0 unspecified atom stereocenters. The summed E-state index contributed by atoms with van der Waals surface area (Å²) in [6.45, 7) is 1.80. The number of nitrogens with zero attached hydrogens (tertiary/aromatic N) is 8. The summed E-state index contributed by atoms with van der Waals surface area (Å²) < 4.78 is 160. The molecule has 8 aromatic rings. The van der Waals surface area contributed by atoms with Crippen LogP contribution in [0.1, 0.15) is 5.56 Å². The quantitative estimate of drug-likeness (QED) is 0.00749. The zero-order chi connectivity index (χ0) is 64.6. The molecule has 466 valence electrons. The molecule has 12 N–H and O–H groups in total. The molecule has 0 radical (unpaired) electrons. The fourth-order valence-corrected chi connectivity index (χ4v) is 11.9. The molecule has 0 saturated heterocycles. The number of azo groups is 4. The van der Waals surface area contributed by atoms with Crippen LogP contribution >= 0.6 is 36.1 Å². The highest BCUT2D eigenvalue weighted by Crippen LogP contribution is 2.51. The Morgan fingerprint density at radius 1 is 0.432 bits per heavy atom. The lowest BCUT2D eigenvalue weighted by Crippen LogP contribution is -2.00. The van der Waals surface area contributed by atoms with E-state index in [0.717, 1.165) is 55.1 Å². The monoisotopic (exact) mass is 1360 g/mol. The van der Waals surface area contributed by atoms with Gasteiger partial charge in [-0.1, -0.05) is 38.9 Å². The zero-order valence-corrected chi connectivity index (χ0v) is 49.9. The maximum Gasteiger partial charge on any atom is 0.296 e. The van der Waals surface area contributed by atoms with E-state index in [1.54, 1.807) is 31.2 Å². The summed E-state index contributed by atoms with van der Waals surface area (Å²) in [5.74, 6) is -1.73. The highest BCUT2D eigenvalue weighted by Gasteiger charge is 2.28. The Morgan fingerprint density at radius 2 is 0.875 bits per heavy atom. The largest absolute Gasteiger partial charge is 0.505 e. The summed E-state index contributed by atoms with van der Waals surface area (Å²) in [6.07, 6.45) is 0. The highest BCUT2D eigenvalue weighted by atomic mass is 32.2. The molecule has 0 heterocycles. The zero-order valence-electron chi connectivity index (χ0n) is 44.2. The van der Waals surface area contributed by atoms with Crippen LogP contribution in [0, 0.1) is 6.92 Å². The van der Waals surface area contributed by atoms with E-state index in [1.807, 2.05) is 0 Å². The van der Waals surface area contributed by atoms with Gasteiger partial charge in [0.15, 0.2) is 17.2 Å². The van der Waals surface area contributed by atoms with Crippen molar-refractivity contribution in [1.82, 2.24) is 0 Å². The van der Waals surface area contributed by atoms with Gasteiger partial charge in [0.2, 0.25) is 0 Å². The van der Waals surface area contributed by atoms with E-state index in [9.17, 15) is 67.2 Å². The average Bonchev–Trinajstić information content (AvgIpc) is 1.36. The van der Waals surface area contributed by atoms with Crippen molar-refractivity contribution >= 4 is 154 Å². The first-order valence-electron chi connectivity index (χ1n) is 23.0. The van der Waals surface area contributed by atoms with Crippen LogP contribution in [0.15, 0.2) is 166 Å². The summed E-state index contributed by atoms with van der Waals surface area (Å²) in [5, 5.41) is 100.0. The number of rotatable bonds is 22. The summed E-state index contributed by atoms with van der Waals surface area (Å²) in [4.78, 5) is -3.37. The third-order valence-corrected chi connectivity index (χ3v) is 16.9. The molecule has 0 aliphatic rings. The molecule has 0 fully saturated rings. The van der Waals surface area contributed by atoms with Gasteiger partial charge in [-0.3, -0.25) is 18.2 Å². The van der Waals surface area contributed by atoms with Crippen molar-refractivity contribution in [3.63, 3.8) is 0 Å². The highest BCUT2D eigenvalue weighted by molar-refractivity contribution is 7.95. The minimum Gasteiger partial charge on any atom is -0.505 e. The van der Waals surface area contributed by atoms with E-state index < -0.39 is 117 Å². The van der Waals surface area contributed by atoms with E-state index >= 15 is 0 Å². The molecule has 0 aromatic heterocycles. The van der Waals surface area contributed by atoms with Crippen molar-refractivity contribution in [3.05, 3.63) is 96.6 Å². The fraction of sp³-hybridized carbons (Fsp3) is 0.0870. The Bertz CT molecular complexity index is 4660. The van der Waals surface area contributed by atoms with Gasteiger partial charge in [0.1, 0.15) is 70.9 Å². The Balaban J connectivity index is 0.000000308. The van der Waals surface area contributed by atoms with Crippen molar-refractivity contribution in [2.45, 2.75) is 41.2 Å². The van der Waals surface area contributed by atoms with Crippen LogP contribution in [0.4, 0.5) is 45.5 Å². The SMILES string of the molecule is CN=Nc1c(S(=O)(=O)O)cc2cc(SOOO)c(N=Nc3cc4c(O)c(N=Nc5ccc(OC)cc5S(=O)(=O)O)c(SOOO)cc4cc3S(=O)(=O)O)c(N)c2c1O.COc1ccc(N=Nc2c(S(=O)(=O)O)cc3cc(C)ccc3c2O)c(SOOO)c1. The Kier molecular flexibility index (Phi) is 21.5. The van der Waals surface area contributed by atoms with Crippen LogP contribution in [0.25, 0.3) is 32.3 Å². The summed E-state index contributed by atoms with van der Waals surface area (Å²) >= 11 is 1.00. The first-order chi connectivity index (χ1) is 41.5. The minimum atomic E-state index is -5.19. The van der Waals surface area contributed by atoms with Gasteiger partial charge in [-0.2, -0.15) is 43.9 Å². The molecular weight excluding hydrogens is 1320 g/mol. The predicted molar refractivity (Wildman–Crippen MR) is 306 cm³/mol. The molecule has 0 aliphatic carbocycles. The number of hydrogen-bond acceptors (Lipinski definition) is 34. The number of aromatic hydroxyl groups is 3. The number of aryl methyl sites for hydroxylation is 1. The van der Waals surface area contributed by atoms with Gasteiger partial charge in [-0.05, 0) is 89.8 Å². The Morgan fingerprint density at radius 3 is 1.44 bits per heavy atom. The summed E-state index contributed by atoms with van der Waals surface area (Å²) in [5.41, 5.74) is 3.54. The Hall–Kier alpha value is -7.93. The molecule has 0 saturated carbocycles. The van der Waals surface area contributed by atoms with Crippen LogP contribution in [-0.4, -0.2) is 104 Å². The molecule has 35 nitrogen and oxygen atoms in total. The second-order valence-corrected chi connectivity index (χ2v) is 24.6. The molecule has 0 spiro atoms. The van der Waals surface area contributed by atoms with Crippen LogP contribution < -0.4 is 15.2 Å². The number of nitrogen functional groups attached to an aromatic ring is 1. The van der Waals surface area contributed by atoms with E-state index in [2.05, 4.69) is 69.0 Å². The molecule has 0 amide bonds. The van der Waals surface area contributed by atoms with Gasteiger partial charge >= 0.3 is 0 Å². The van der Waals surface area contributed by atoms with Gasteiger partial charge in [0, 0.05) is 23.9 Å². The minimum absolute atomic E-state index is 0.0161. The average molecular weight is 1360 g/mol. The van der Waals surface area contributed by atoms with E-state index in [0.29, 0.717) is 33.5 Å². The van der Waals surface area contributed by atoms with E-state index in [1.165, 1.54) is 38.5 Å². The molecule has 0 aliphatic heterocycles. The third kappa shape index (κ3) is 15.5.